The highest BCUT2D eigenvalue weighted by molar-refractivity contribution is 6.27. The Balaban J connectivity index is 1.14. The van der Waals surface area contributed by atoms with Crippen LogP contribution < -0.4 is 0 Å². The van der Waals surface area contributed by atoms with Crippen LogP contribution in [0.25, 0.3) is 99.9 Å². The van der Waals surface area contributed by atoms with Crippen LogP contribution in [0.2, 0.25) is 0 Å². The smallest absolute Gasteiger partial charge is 0.164 e. The quantitative estimate of drug-likeness (QED) is 0.129. The number of rotatable bonds is 6. The van der Waals surface area contributed by atoms with Crippen molar-refractivity contribution in [2.45, 2.75) is 0 Å². The van der Waals surface area contributed by atoms with E-state index in [2.05, 4.69) is 164 Å². The molecule has 3 nitrogen and oxygen atoms in total. The summed E-state index contributed by atoms with van der Waals surface area (Å²) in [7, 11) is 0. The lowest BCUT2D eigenvalue weighted by atomic mass is 9.84. The second-order valence-electron chi connectivity index (χ2n) is 13.6. The monoisotopic (exact) mass is 687 g/mol. The fraction of sp³-hybridized carbons (Fsp3) is 0. The Morgan fingerprint density at radius 1 is 0.222 bits per heavy atom. The summed E-state index contributed by atoms with van der Waals surface area (Å²) < 4.78 is 0. The van der Waals surface area contributed by atoms with Gasteiger partial charge in [-0.2, -0.15) is 0 Å². The molecular formula is C51H33N3. The number of hydrogen-bond donors (Lipinski definition) is 0. The fourth-order valence-electron chi connectivity index (χ4n) is 7.74. The first kappa shape index (κ1) is 31.5. The van der Waals surface area contributed by atoms with Crippen molar-refractivity contribution in [1.29, 1.82) is 0 Å². The van der Waals surface area contributed by atoms with E-state index < -0.39 is 0 Å². The molecule has 9 aromatic carbocycles. The van der Waals surface area contributed by atoms with E-state index >= 15 is 0 Å². The fourth-order valence-corrected chi connectivity index (χ4v) is 7.74. The Labute approximate surface area is 313 Å². The third-order valence-electron chi connectivity index (χ3n) is 10.3. The van der Waals surface area contributed by atoms with E-state index in [9.17, 15) is 0 Å². The molecule has 0 N–H and O–H groups in total. The van der Waals surface area contributed by atoms with Crippen molar-refractivity contribution < 1.29 is 0 Å². The number of aromatic nitrogens is 3. The van der Waals surface area contributed by atoms with Gasteiger partial charge in [0, 0.05) is 16.7 Å². The molecule has 0 aliphatic carbocycles. The molecule has 0 aliphatic heterocycles. The average molecular weight is 688 g/mol. The number of benzene rings is 9. The van der Waals surface area contributed by atoms with Crippen LogP contribution in [0.1, 0.15) is 0 Å². The predicted octanol–water partition coefficient (Wildman–Crippen LogP) is 13.3. The summed E-state index contributed by atoms with van der Waals surface area (Å²) in [6.07, 6.45) is 0. The van der Waals surface area contributed by atoms with Crippen LogP contribution in [-0.4, -0.2) is 15.0 Å². The molecule has 0 aliphatic rings. The van der Waals surface area contributed by atoms with E-state index in [-0.39, 0.29) is 0 Å². The highest BCUT2D eigenvalue weighted by Crippen LogP contribution is 2.46. The Bertz CT molecular complexity index is 2940. The van der Waals surface area contributed by atoms with Gasteiger partial charge in [-0.05, 0) is 65.7 Å². The molecule has 3 heteroatoms. The van der Waals surface area contributed by atoms with Gasteiger partial charge in [0.25, 0.3) is 0 Å². The van der Waals surface area contributed by atoms with Crippen molar-refractivity contribution in [3.05, 3.63) is 200 Å². The Hall–Kier alpha value is -7.23. The lowest BCUT2D eigenvalue weighted by Gasteiger charge is -2.19. The molecule has 54 heavy (non-hydrogen) atoms. The summed E-state index contributed by atoms with van der Waals surface area (Å²) >= 11 is 0. The number of hydrogen-bond acceptors (Lipinski definition) is 3. The SMILES string of the molecule is c1ccc(-c2ccc(-c3nc(-c4ccccc4)nc(-c4ccc(-c5c6ccccc6c(-c6ccccc6)c6ccc7ccccc7c56)cc4)n3)cc2)cc1. The summed E-state index contributed by atoms with van der Waals surface area (Å²) in [4.78, 5) is 15.1. The highest BCUT2D eigenvalue weighted by atomic mass is 15.0. The number of nitrogens with zero attached hydrogens (tertiary/aromatic N) is 3. The summed E-state index contributed by atoms with van der Waals surface area (Å²) in [5.74, 6) is 1.92. The molecular weight excluding hydrogens is 655 g/mol. The molecule has 0 unspecified atom stereocenters. The van der Waals surface area contributed by atoms with E-state index in [0.29, 0.717) is 17.5 Å². The standard InChI is InChI=1S/C51H33N3/c1-4-14-34(15-5-1)35-24-28-40(29-25-35)50-52-49(39-19-8-3-9-20-39)53-51(54-50)41-30-26-38(27-31-41)47-44-23-13-12-22-43(44)46(37-17-6-2-7-18-37)45-33-32-36-16-10-11-21-42(36)48(45)47/h1-33H. The van der Waals surface area contributed by atoms with Crippen LogP contribution in [0.4, 0.5) is 0 Å². The molecule has 10 aromatic rings. The van der Waals surface area contributed by atoms with E-state index in [1.54, 1.807) is 0 Å². The van der Waals surface area contributed by atoms with Crippen LogP contribution in [0.3, 0.4) is 0 Å². The summed E-state index contributed by atoms with van der Waals surface area (Å²) in [5.41, 5.74) is 9.98. The van der Waals surface area contributed by atoms with Gasteiger partial charge in [0.1, 0.15) is 0 Å². The molecule has 0 saturated carbocycles. The van der Waals surface area contributed by atoms with Crippen molar-refractivity contribution >= 4 is 32.3 Å². The minimum absolute atomic E-state index is 0.636. The Morgan fingerprint density at radius 3 is 1.17 bits per heavy atom. The topological polar surface area (TPSA) is 38.7 Å². The van der Waals surface area contributed by atoms with Gasteiger partial charge in [-0.15, -0.1) is 0 Å². The third-order valence-corrected chi connectivity index (χ3v) is 10.3. The average Bonchev–Trinajstić information content (AvgIpc) is 3.26. The molecule has 10 rings (SSSR count). The van der Waals surface area contributed by atoms with Crippen molar-refractivity contribution in [2.24, 2.45) is 0 Å². The van der Waals surface area contributed by atoms with Crippen LogP contribution in [0, 0.1) is 0 Å². The molecule has 1 aromatic heterocycles. The molecule has 0 saturated heterocycles. The molecule has 0 bridgehead atoms. The lowest BCUT2D eigenvalue weighted by molar-refractivity contribution is 1.07. The zero-order chi connectivity index (χ0) is 35.8. The van der Waals surface area contributed by atoms with Gasteiger partial charge in [-0.3, -0.25) is 0 Å². The third kappa shape index (κ3) is 5.60. The first-order valence-corrected chi connectivity index (χ1v) is 18.3. The van der Waals surface area contributed by atoms with Crippen LogP contribution in [0.15, 0.2) is 200 Å². The zero-order valence-electron chi connectivity index (χ0n) is 29.4. The van der Waals surface area contributed by atoms with Gasteiger partial charge < -0.3 is 0 Å². The van der Waals surface area contributed by atoms with Gasteiger partial charge >= 0.3 is 0 Å². The maximum absolute atomic E-state index is 5.07. The van der Waals surface area contributed by atoms with Gasteiger partial charge in [-0.1, -0.05) is 200 Å². The predicted molar refractivity (Wildman–Crippen MR) is 225 cm³/mol. The summed E-state index contributed by atoms with van der Waals surface area (Å²) in [6.45, 7) is 0. The normalized spacial score (nSPS) is 11.3. The maximum Gasteiger partial charge on any atom is 0.164 e. The molecule has 0 radical (unpaired) electrons. The van der Waals surface area contributed by atoms with E-state index in [0.717, 1.165) is 27.8 Å². The number of fused-ring (bicyclic) bond motifs is 4. The molecule has 0 amide bonds. The van der Waals surface area contributed by atoms with Crippen molar-refractivity contribution in [2.75, 3.05) is 0 Å². The minimum atomic E-state index is 0.636. The Morgan fingerprint density at radius 2 is 0.593 bits per heavy atom. The van der Waals surface area contributed by atoms with Crippen molar-refractivity contribution in [3.8, 4) is 67.5 Å². The molecule has 252 valence electrons. The molecule has 0 fully saturated rings. The second kappa shape index (κ2) is 13.4. The summed E-state index contributed by atoms with van der Waals surface area (Å²) in [6, 6.07) is 70.6. The summed E-state index contributed by atoms with van der Waals surface area (Å²) in [5, 5.41) is 7.42. The van der Waals surface area contributed by atoms with Crippen LogP contribution in [-0.2, 0) is 0 Å². The maximum atomic E-state index is 5.07. The van der Waals surface area contributed by atoms with Gasteiger partial charge in [0.15, 0.2) is 17.5 Å². The minimum Gasteiger partial charge on any atom is -0.208 e. The van der Waals surface area contributed by atoms with E-state index in [4.69, 9.17) is 15.0 Å². The Kier molecular flexibility index (Phi) is 7.81. The van der Waals surface area contributed by atoms with E-state index in [1.165, 1.54) is 54.6 Å². The van der Waals surface area contributed by atoms with Gasteiger partial charge in [-0.25, -0.2) is 15.0 Å². The first-order chi connectivity index (χ1) is 26.8. The van der Waals surface area contributed by atoms with E-state index in [1.807, 2.05) is 36.4 Å². The zero-order valence-corrected chi connectivity index (χ0v) is 29.4. The van der Waals surface area contributed by atoms with Crippen molar-refractivity contribution in [1.82, 2.24) is 15.0 Å². The second-order valence-corrected chi connectivity index (χ2v) is 13.6. The molecule has 1 heterocycles. The van der Waals surface area contributed by atoms with Crippen LogP contribution >= 0.6 is 0 Å². The van der Waals surface area contributed by atoms with Crippen molar-refractivity contribution in [3.63, 3.8) is 0 Å². The largest absolute Gasteiger partial charge is 0.208 e. The lowest BCUT2D eigenvalue weighted by Crippen LogP contribution is -2.00. The van der Waals surface area contributed by atoms with Gasteiger partial charge in [0.05, 0.1) is 0 Å². The highest BCUT2D eigenvalue weighted by Gasteiger charge is 2.19. The molecule has 0 spiro atoms. The first-order valence-electron chi connectivity index (χ1n) is 18.3. The molecule has 0 atom stereocenters. The van der Waals surface area contributed by atoms with Crippen LogP contribution in [0.5, 0.6) is 0 Å². The van der Waals surface area contributed by atoms with Gasteiger partial charge in [0.2, 0.25) is 0 Å².